The summed E-state index contributed by atoms with van der Waals surface area (Å²) < 4.78 is 36.9. The van der Waals surface area contributed by atoms with Crippen molar-refractivity contribution in [1.82, 2.24) is 46.5 Å². The molecule has 130 heavy (non-hydrogen) atoms. The van der Waals surface area contributed by atoms with E-state index < -0.39 is 265 Å². The molecule has 2 saturated carbocycles. The molecule has 0 radical (unpaired) electrons. The van der Waals surface area contributed by atoms with Crippen LogP contribution in [0.3, 0.4) is 0 Å². The number of fused-ring (bicyclic) bond motifs is 6. The smallest absolute Gasteiger partial charge is 0.481 e. The number of aromatic nitrogens is 4. The Morgan fingerprint density at radius 2 is 1.32 bits per heavy atom. The number of esters is 3. The van der Waals surface area contributed by atoms with Gasteiger partial charge in [0.15, 0.2) is 34.6 Å². The molecule has 2 bridgehead atoms. The van der Waals surface area contributed by atoms with Crippen LogP contribution in [0.1, 0.15) is 154 Å². The van der Waals surface area contributed by atoms with Crippen molar-refractivity contribution >= 4 is 139 Å². The van der Waals surface area contributed by atoms with Crippen molar-refractivity contribution in [1.29, 1.82) is 5.41 Å². The zero-order valence-electron chi connectivity index (χ0n) is 71.3. The summed E-state index contributed by atoms with van der Waals surface area (Å²) in [6.45, 7) is 7.86. The third-order valence-corrected chi connectivity index (χ3v) is 26.0. The summed E-state index contributed by atoms with van der Waals surface area (Å²) in [5, 5.41) is 89.3. The van der Waals surface area contributed by atoms with Crippen molar-refractivity contribution in [3.05, 3.63) is 171 Å². The summed E-state index contributed by atoms with van der Waals surface area (Å²) in [6.07, 6.45) is -14.9. The number of carboxylic acid groups (broad SMARTS) is 4. The van der Waals surface area contributed by atoms with Gasteiger partial charge in [-0.2, -0.15) is 4.98 Å². The number of H-pyrrole nitrogens is 1. The SMILES string of the molecule is CC(=O)O[C@@]12CO[C@@H]1CC(OC(=O)OCCSSC[C@H](NC(=O)[C@H](CC(=O)O)CC(=O)[C@H](CCCNC(=N)N)NC(=O)[C@H](CC(=O)O)CC(=O)CC[C@H](NC(=O)c1ccc(NCc3cnc4nc(N)[nH]c(=O)c4n3)cc1)C(=O)O)C(=O)O)[C@@]1(C)C(=O)[C@H](C)C3=C(C)[C@@H](OC(=O)[C@H](O)[C@@H](NC(=O)c4ccccc4)c4ccccc4)C[C@@](O)([C@@H](OC(=O)c4ccccc4)C12)C3(C)C. The highest BCUT2D eigenvalue weighted by atomic mass is 33.1. The quantitative estimate of drug-likeness (QED) is 0.00483. The average Bonchev–Trinajstić information content (AvgIpc) is 0.666. The summed E-state index contributed by atoms with van der Waals surface area (Å²) in [4.78, 5) is 233. The number of nitrogen functional groups attached to an aromatic ring is 1. The molecule has 41 nitrogen and oxygen atoms in total. The van der Waals surface area contributed by atoms with Gasteiger partial charge in [-0.25, -0.2) is 33.9 Å². The first kappa shape index (κ1) is 98.9. The Bertz CT molecular complexity index is 5380. The van der Waals surface area contributed by atoms with Crippen LogP contribution in [0.25, 0.3) is 11.2 Å². The van der Waals surface area contributed by atoms with Gasteiger partial charge in [0, 0.05) is 85.2 Å². The van der Waals surface area contributed by atoms with Gasteiger partial charge in [0.1, 0.15) is 60.3 Å². The average molecular weight is 1840 g/mol. The van der Waals surface area contributed by atoms with E-state index in [4.69, 9.17) is 45.3 Å². The number of nitrogens with zero attached hydrogens (tertiary/aromatic N) is 3. The first-order chi connectivity index (χ1) is 61.6. The van der Waals surface area contributed by atoms with Crippen LogP contribution in [0, 0.1) is 39.9 Å². The molecule has 43 heteroatoms. The van der Waals surface area contributed by atoms with Crippen molar-refractivity contribution in [2.45, 2.75) is 178 Å². The third kappa shape index (κ3) is 23.6. The molecule has 3 fully saturated rings. The van der Waals surface area contributed by atoms with Gasteiger partial charge in [0.2, 0.25) is 17.8 Å². The van der Waals surface area contributed by atoms with E-state index in [2.05, 4.69) is 51.8 Å². The van der Waals surface area contributed by atoms with Crippen LogP contribution < -0.4 is 48.9 Å². The number of aliphatic hydroxyl groups is 2. The predicted octanol–water partition coefficient (Wildman–Crippen LogP) is 4.28. The fourth-order valence-corrected chi connectivity index (χ4v) is 19.1. The monoisotopic (exact) mass is 1840 g/mol. The number of aliphatic carboxylic acids is 4. The number of benzene rings is 4. The first-order valence-electron chi connectivity index (χ1n) is 41.3. The minimum Gasteiger partial charge on any atom is -0.481 e. The molecule has 4 aliphatic rings. The van der Waals surface area contributed by atoms with E-state index in [1.165, 1.54) is 68.6 Å². The minimum absolute atomic E-state index is 0.00229. The van der Waals surface area contributed by atoms with Gasteiger partial charge in [-0.3, -0.25) is 63.1 Å². The molecule has 0 spiro atoms. The number of amides is 4. The second-order valence-electron chi connectivity index (χ2n) is 32.6. The number of nitrogens with one attached hydrogen (secondary N) is 8. The highest BCUT2D eigenvalue weighted by Crippen LogP contribution is 2.66. The van der Waals surface area contributed by atoms with Crippen molar-refractivity contribution in [2.24, 2.45) is 40.2 Å². The predicted molar refractivity (Wildman–Crippen MR) is 462 cm³/mol. The number of hydrogen-bond donors (Lipinski definition) is 16. The lowest BCUT2D eigenvalue weighted by molar-refractivity contribution is -0.345. The molecule has 4 aromatic carbocycles. The summed E-state index contributed by atoms with van der Waals surface area (Å²) in [6, 6.07) is 22.8. The molecule has 3 aliphatic carbocycles. The Kier molecular flexibility index (Phi) is 32.9. The van der Waals surface area contributed by atoms with Gasteiger partial charge in [0.05, 0.1) is 78.7 Å². The Balaban J connectivity index is 0.778. The number of Topliss-reactive ketones (excluding diaryl/α,β-unsaturated/α-hetero) is 3. The molecule has 1 saturated heterocycles. The summed E-state index contributed by atoms with van der Waals surface area (Å²) in [5.41, 5.74) is 3.93. The van der Waals surface area contributed by atoms with Gasteiger partial charge >= 0.3 is 47.9 Å². The van der Waals surface area contributed by atoms with Gasteiger partial charge in [-0.1, -0.05) is 109 Å². The number of hydrogen-bond acceptors (Lipinski definition) is 32. The zero-order chi connectivity index (χ0) is 94.9. The van der Waals surface area contributed by atoms with Crippen molar-refractivity contribution < 1.29 is 131 Å². The van der Waals surface area contributed by atoms with E-state index in [0.29, 0.717) is 16.9 Å². The van der Waals surface area contributed by atoms with E-state index >= 15 is 4.79 Å². The van der Waals surface area contributed by atoms with Crippen molar-refractivity contribution in [3.8, 4) is 0 Å². The molecule has 1 aliphatic heterocycles. The van der Waals surface area contributed by atoms with Crippen LogP contribution in [0.5, 0.6) is 0 Å². The van der Waals surface area contributed by atoms with Gasteiger partial charge < -0.3 is 102 Å². The molecule has 10 rings (SSSR count). The topological polar surface area (TPSA) is 652 Å². The van der Waals surface area contributed by atoms with Crippen molar-refractivity contribution in [2.75, 3.05) is 42.3 Å². The lowest BCUT2D eigenvalue weighted by atomic mass is 9.43. The summed E-state index contributed by atoms with van der Waals surface area (Å²) in [5.74, 6) is -23.9. The normalized spacial score (nSPS) is 22.2. The molecule has 6 aromatic rings. The number of rotatable bonds is 43. The Morgan fingerprint density at radius 3 is 1.92 bits per heavy atom. The van der Waals surface area contributed by atoms with Gasteiger partial charge in [0.25, 0.3) is 17.4 Å². The first-order valence-corrected chi connectivity index (χ1v) is 43.8. The Hall–Kier alpha value is -13.3. The number of ether oxygens (including phenoxy) is 6. The van der Waals surface area contributed by atoms with E-state index in [0.717, 1.165) is 28.5 Å². The maximum absolute atomic E-state index is 16.3. The highest BCUT2D eigenvalue weighted by molar-refractivity contribution is 8.76. The largest absolute Gasteiger partial charge is 0.508 e. The standard InChI is InChI=1S/C87H101N13O28S2/c1-43-59(125-80(120)67(108)65(46-17-10-7-11-18-46)98-73(111)47-19-12-8-13-20-47)38-87(122)70(127-79(119)49-21-14-9-15-22-49)68-85(6,69(109)44(2)64(43)84(87,4)5)60(37-61-86(68,42-124-61)128-45(3)101)126-83(121)123-31-32-129-130-41-57(78(117)118)97-75(113)51(36-63(106)107)34-58(103)55(23-16-30-91-81(88)89)95-74(112)50(35-62(104)105)33-54(102)28-29-56(77(115)116)96-72(110)48-24-26-52(27-25-48)92-39-53-40-93-71-66(94-53)76(114)100-82(90)99-71/h7-15,17-22,24-27,40,44,50-51,55-57,59-61,65,67-68,70,92,108,122H,16,23,28-39,41-42H2,1-6H3,(H,95,112)(H,96,110)(H,97,113)(H,98,111)(H,104,105)(H,106,107)(H,115,116)(H,117,118)(H4,88,89,91)(H3,90,93,99,100,114)/t44-,50+,51+,55+,56+,57+,59+,60?,61-,65+,67-,68?,70+,85-,86+,87-/m1/s1. The number of anilines is 2. The molecule has 2 aromatic heterocycles. The van der Waals surface area contributed by atoms with Crippen LogP contribution in [0.15, 0.2) is 137 Å². The maximum Gasteiger partial charge on any atom is 0.508 e. The molecule has 3 heterocycles. The second kappa shape index (κ2) is 43.2. The third-order valence-electron chi connectivity index (χ3n) is 23.7. The molecule has 4 amide bonds. The van der Waals surface area contributed by atoms with Crippen LogP contribution in [-0.4, -0.2) is 237 Å². The summed E-state index contributed by atoms with van der Waals surface area (Å²) in [7, 11) is 1.75. The van der Waals surface area contributed by atoms with Gasteiger partial charge in [-0.05, 0) is 98.4 Å². The Morgan fingerprint density at radius 1 is 0.715 bits per heavy atom. The molecule has 18 N–H and O–H groups in total. The number of ketones is 3. The lowest BCUT2D eigenvalue weighted by Crippen LogP contribution is -2.81. The second-order valence-corrected chi connectivity index (χ2v) is 35.3. The van der Waals surface area contributed by atoms with Crippen LogP contribution in [0.2, 0.25) is 0 Å². The van der Waals surface area contributed by atoms with E-state index in [9.17, 15) is 103 Å². The fourth-order valence-electron chi connectivity index (χ4n) is 17.2. The molecule has 2 unspecified atom stereocenters. The number of guanidine groups is 1. The van der Waals surface area contributed by atoms with Gasteiger partial charge in [-0.15, -0.1) is 0 Å². The fraction of sp³-hybridized carbons (Fsp3) is 0.448. The summed E-state index contributed by atoms with van der Waals surface area (Å²) >= 11 is 0. The minimum atomic E-state index is -2.47. The Labute approximate surface area is 750 Å². The molecular formula is C87H101N13O28S2. The number of aliphatic hydroxyl groups excluding tert-OH is 1. The number of carbonyl (C=O) groups is 15. The highest BCUT2D eigenvalue weighted by Gasteiger charge is 2.78. The van der Waals surface area contributed by atoms with Crippen molar-refractivity contribution in [3.63, 3.8) is 0 Å². The van der Waals surface area contributed by atoms with Crippen LogP contribution in [-0.2, 0) is 87.7 Å². The van der Waals surface area contributed by atoms with E-state index in [-0.39, 0.29) is 83.1 Å². The molecular weight excluding hydrogens is 1740 g/mol. The lowest BCUT2D eigenvalue weighted by Gasteiger charge is -2.67. The van der Waals surface area contributed by atoms with Crippen LogP contribution >= 0.6 is 21.6 Å². The molecule has 16 atom stereocenters. The van der Waals surface area contributed by atoms with E-state index in [1.807, 2.05) is 0 Å². The molecule has 694 valence electrons. The number of carboxylic acids is 4. The number of carbonyl (C=O) groups excluding carboxylic acids is 11. The van der Waals surface area contributed by atoms with E-state index in [1.54, 1.807) is 87.5 Å². The number of aromatic amines is 1. The zero-order valence-corrected chi connectivity index (χ0v) is 73.0. The maximum atomic E-state index is 16.3. The number of nitrogens with two attached hydrogens (primary N) is 2. The van der Waals surface area contributed by atoms with Crippen LogP contribution in [0.4, 0.5) is 16.4 Å².